The van der Waals surface area contributed by atoms with Crippen LogP contribution in [0.5, 0.6) is 0 Å². The topological polar surface area (TPSA) is 146 Å². The zero-order valence-electron chi connectivity index (χ0n) is 31.9. The van der Waals surface area contributed by atoms with Crippen LogP contribution in [0.4, 0.5) is 0 Å². The number of aliphatic carboxylic acids is 1. The lowest BCUT2D eigenvalue weighted by atomic mass is 9.34. The molecule has 5 aliphatic rings. The number of unbranched alkanes of at least 4 members (excludes halogenated alkanes) is 1. The number of nitrogens with one attached hydrogen (secondary N) is 1. The molecule has 0 unspecified atom stereocenters. The van der Waals surface area contributed by atoms with E-state index in [1.807, 2.05) is 0 Å². The summed E-state index contributed by atoms with van der Waals surface area (Å²) >= 11 is 0. The highest BCUT2D eigenvalue weighted by molar-refractivity contribution is 5.73. The number of hydrogen-bond donors (Lipinski definition) is 4. The van der Waals surface area contributed by atoms with Crippen LogP contribution in [0.3, 0.4) is 0 Å². The molecule has 1 saturated heterocycles. The number of ether oxygens (including phenoxy) is 3. The third-order valence-electron chi connectivity index (χ3n) is 15.4. The Balaban J connectivity index is 1.42. The van der Waals surface area contributed by atoms with Crippen molar-refractivity contribution < 1.29 is 28.9 Å². The fraction of sp³-hybridized carbons (Fsp3) is 0.900. The van der Waals surface area contributed by atoms with E-state index in [2.05, 4.69) is 59.9 Å². The van der Waals surface area contributed by atoms with Crippen LogP contribution in [-0.4, -0.2) is 74.7 Å². The predicted octanol–water partition coefficient (Wildman–Crippen LogP) is 5.94. The summed E-state index contributed by atoms with van der Waals surface area (Å²) in [5, 5.41) is 14.4. The Kier molecular flexibility index (Phi) is 11.4. The smallest absolute Gasteiger partial charge is 0.307 e. The van der Waals surface area contributed by atoms with E-state index in [0.29, 0.717) is 57.1 Å². The highest BCUT2D eigenvalue weighted by Gasteiger charge is 2.72. The summed E-state index contributed by atoms with van der Waals surface area (Å²) in [5.41, 5.74) is 12.0. The minimum Gasteiger partial charge on any atom is -0.481 e. The van der Waals surface area contributed by atoms with Gasteiger partial charge in [-0.05, 0) is 97.8 Å². The molecular formula is C40H69N3O6. The van der Waals surface area contributed by atoms with Gasteiger partial charge in [-0.2, -0.15) is 0 Å². The number of carboxylic acid groups (broad SMARTS) is 1. The van der Waals surface area contributed by atoms with Crippen molar-refractivity contribution in [1.82, 2.24) is 5.32 Å². The molecule has 12 atom stereocenters. The summed E-state index contributed by atoms with van der Waals surface area (Å²) in [6.07, 6.45) is 10.2. The number of rotatable bonds is 14. The number of hydrogen-bond acceptors (Lipinski definition) is 8. The summed E-state index contributed by atoms with van der Waals surface area (Å²) in [7, 11) is 0. The fourth-order valence-corrected chi connectivity index (χ4v) is 12.4. The van der Waals surface area contributed by atoms with Gasteiger partial charge in [0.05, 0.1) is 25.7 Å². The summed E-state index contributed by atoms with van der Waals surface area (Å²) < 4.78 is 19.5. The Morgan fingerprint density at radius 3 is 2.47 bits per heavy atom. The standard InChI is InChI=1S/C40H69N3O6/c1-25(2)26(3)36(5)16-17-38(7)29-12-13-32-37(6)23-47-24-40(32,30(29)14-15-39(38,8)33(36)35(45)46)21-31(49-27(4)44)34(37)48-20-19-43-22-28(42)11-9-10-18-41/h14,25-26,28-29,31-34,43H,9-13,15-24,41-42H2,1-8H3,(H,45,46)/t26-,28+,29+,31-,32+,33-,34+,36-,37+,38-,39+,40-/m1/s1. The molecule has 0 aromatic carbocycles. The lowest BCUT2D eigenvalue weighted by molar-refractivity contribution is -0.266. The van der Waals surface area contributed by atoms with Crippen molar-refractivity contribution in [1.29, 1.82) is 0 Å². The molecule has 1 heterocycles. The zero-order chi connectivity index (χ0) is 36.0. The van der Waals surface area contributed by atoms with Crippen LogP contribution in [0.25, 0.3) is 0 Å². The summed E-state index contributed by atoms with van der Waals surface area (Å²) in [6, 6.07) is 0.0878. The van der Waals surface area contributed by atoms with Gasteiger partial charge in [0, 0.05) is 36.9 Å². The van der Waals surface area contributed by atoms with Crippen LogP contribution in [0, 0.1) is 56.7 Å². The van der Waals surface area contributed by atoms with Gasteiger partial charge in [0.2, 0.25) is 0 Å². The first-order valence-corrected chi connectivity index (χ1v) is 19.5. The lowest BCUT2D eigenvalue weighted by Gasteiger charge is -2.71. The van der Waals surface area contributed by atoms with Gasteiger partial charge < -0.3 is 36.1 Å². The monoisotopic (exact) mass is 688 g/mol. The summed E-state index contributed by atoms with van der Waals surface area (Å²) in [4.78, 5) is 26.0. The molecule has 4 fully saturated rings. The Bertz CT molecular complexity index is 1240. The zero-order valence-corrected chi connectivity index (χ0v) is 31.9. The van der Waals surface area contributed by atoms with Crippen molar-refractivity contribution in [2.24, 2.45) is 68.1 Å². The highest BCUT2D eigenvalue weighted by atomic mass is 16.6. The van der Waals surface area contributed by atoms with E-state index in [4.69, 9.17) is 25.7 Å². The van der Waals surface area contributed by atoms with Gasteiger partial charge in [-0.25, -0.2) is 0 Å². The Hall–Kier alpha value is -1.52. The van der Waals surface area contributed by atoms with Gasteiger partial charge in [0.1, 0.15) is 12.2 Å². The van der Waals surface area contributed by atoms with Gasteiger partial charge in [-0.15, -0.1) is 0 Å². The van der Waals surface area contributed by atoms with Crippen LogP contribution in [0.1, 0.15) is 113 Å². The molecule has 0 spiro atoms. The lowest BCUT2D eigenvalue weighted by Crippen LogP contribution is -2.70. The first kappa shape index (κ1) is 38.7. The van der Waals surface area contributed by atoms with Crippen molar-refractivity contribution in [3.63, 3.8) is 0 Å². The third-order valence-corrected chi connectivity index (χ3v) is 15.4. The van der Waals surface area contributed by atoms with Gasteiger partial charge in [-0.3, -0.25) is 9.59 Å². The van der Waals surface area contributed by atoms with Gasteiger partial charge in [0.25, 0.3) is 0 Å². The second kappa shape index (κ2) is 14.5. The Morgan fingerprint density at radius 1 is 1.08 bits per heavy atom. The maximum absolute atomic E-state index is 13.4. The first-order chi connectivity index (χ1) is 23.0. The molecule has 0 radical (unpaired) electrons. The van der Waals surface area contributed by atoms with Gasteiger partial charge in [-0.1, -0.05) is 66.5 Å². The van der Waals surface area contributed by atoms with Crippen molar-refractivity contribution in [2.45, 2.75) is 131 Å². The highest BCUT2D eigenvalue weighted by Crippen LogP contribution is 2.75. The molecule has 9 nitrogen and oxygen atoms in total. The third kappa shape index (κ3) is 6.44. The molecule has 3 saturated carbocycles. The summed E-state index contributed by atoms with van der Waals surface area (Å²) in [6.45, 7) is 21.3. The van der Waals surface area contributed by atoms with Gasteiger partial charge >= 0.3 is 11.9 Å². The SMILES string of the molecule is CC(=O)O[C@@H]1C[C@]23COC[C@@](C)([C@@H]2CC[C@H]2C3=CC[C@@]3(C)[C@H](C(=O)O)[C@@](C)([C@H](C)C(C)C)CC[C@]23C)[C@H]1OCCNC[C@@H](N)CCCCN. The van der Waals surface area contributed by atoms with Crippen LogP contribution in [0.15, 0.2) is 11.6 Å². The molecule has 5 rings (SSSR count). The van der Waals surface area contributed by atoms with Crippen molar-refractivity contribution in [3.05, 3.63) is 11.6 Å². The van der Waals surface area contributed by atoms with E-state index in [9.17, 15) is 14.7 Å². The van der Waals surface area contributed by atoms with Crippen LogP contribution in [-0.2, 0) is 23.8 Å². The van der Waals surface area contributed by atoms with Crippen molar-refractivity contribution in [3.8, 4) is 0 Å². The van der Waals surface area contributed by atoms with E-state index in [1.54, 1.807) is 0 Å². The van der Waals surface area contributed by atoms with E-state index >= 15 is 0 Å². The van der Waals surface area contributed by atoms with E-state index in [0.717, 1.165) is 57.9 Å². The molecule has 0 aromatic heterocycles. The average Bonchev–Trinajstić information content (AvgIpc) is 3.01. The second-order valence-electron chi connectivity index (χ2n) is 18.2. The predicted molar refractivity (Wildman–Crippen MR) is 193 cm³/mol. The molecule has 4 aliphatic carbocycles. The van der Waals surface area contributed by atoms with E-state index in [-0.39, 0.29) is 57.2 Å². The number of esters is 1. The van der Waals surface area contributed by atoms with Gasteiger partial charge in [0.15, 0.2) is 0 Å². The molecule has 0 amide bonds. The normalized spacial score (nSPS) is 42.7. The van der Waals surface area contributed by atoms with Crippen molar-refractivity contribution >= 4 is 11.9 Å². The maximum Gasteiger partial charge on any atom is 0.307 e. The number of allylic oxidation sites excluding steroid dienone is 1. The van der Waals surface area contributed by atoms with E-state index < -0.39 is 11.9 Å². The summed E-state index contributed by atoms with van der Waals surface area (Å²) in [5.74, 6) is -0.0397. The Labute approximate surface area is 296 Å². The van der Waals surface area contributed by atoms with E-state index in [1.165, 1.54) is 12.5 Å². The molecule has 0 aromatic rings. The first-order valence-electron chi connectivity index (χ1n) is 19.5. The minimum atomic E-state index is -0.642. The number of nitrogens with two attached hydrogens (primary N) is 2. The number of fused-ring (bicyclic) bond motifs is 3. The molecule has 9 heteroatoms. The maximum atomic E-state index is 13.4. The van der Waals surface area contributed by atoms with Crippen LogP contribution >= 0.6 is 0 Å². The molecular weight excluding hydrogens is 618 g/mol. The van der Waals surface area contributed by atoms with Crippen LogP contribution < -0.4 is 16.8 Å². The number of carboxylic acids is 1. The Morgan fingerprint density at radius 2 is 1.82 bits per heavy atom. The second-order valence-corrected chi connectivity index (χ2v) is 18.2. The number of carbonyl (C=O) groups is 2. The quantitative estimate of drug-likeness (QED) is 0.0991. The van der Waals surface area contributed by atoms with Crippen molar-refractivity contribution in [2.75, 3.05) is 39.5 Å². The molecule has 280 valence electrons. The number of carbonyl (C=O) groups excluding carboxylic acids is 1. The fourth-order valence-electron chi connectivity index (χ4n) is 12.4. The minimum absolute atomic E-state index is 0.0878. The van der Waals surface area contributed by atoms with Crippen LogP contribution in [0.2, 0.25) is 0 Å². The molecule has 1 aliphatic heterocycles. The molecule has 49 heavy (non-hydrogen) atoms. The average molecular weight is 688 g/mol. The largest absolute Gasteiger partial charge is 0.481 e. The molecule has 6 N–H and O–H groups in total. The molecule has 2 bridgehead atoms.